The molecule has 0 aliphatic heterocycles. The number of hydrogen-bond acceptors (Lipinski definition) is 4. The number of carbonyl (C=O) groups is 1. The molecule has 0 aliphatic rings. The van der Waals surface area contributed by atoms with Gasteiger partial charge in [0, 0.05) is 23.1 Å². The molecule has 0 aliphatic carbocycles. The minimum atomic E-state index is -0.401. The van der Waals surface area contributed by atoms with Crippen LogP contribution in [0.25, 0.3) is 5.82 Å². The van der Waals surface area contributed by atoms with E-state index < -0.39 is 5.97 Å². The number of hydrogen-bond donors (Lipinski definition) is 0. The molecule has 6 heteroatoms. The molecule has 0 radical (unpaired) electrons. The van der Waals surface area contributed by atoms with E-state index in [4.69, 9.17) is 4.74 Å². The Balaban J connectivity index is 1.63. The summed E-state index contributed by atoms with van der Waals surface area (Å²) in [6, 6.07) is 12.8. The third-order valence-electron chi connectivity index (χ3n) is 3.01. The lowest BCUT2D eigenvalue weighted by Gasteiger charge is -2.06. The third-order valence-corrected chi connectivity index (χ3v) is 3.53. The van der Waals surface area contributed by atoms with Crippen LogP contribution < -0.4 is 0 Å². The maximum Gasteiger partial charge on any atom is 0.340 e. The van der Waals surface area contributed by atoms with Gasteiger partial charge in [0.2, 0.25) is 0 Å². The van der Waals surface area contributed by atoms with E-state index in [-0.39, 0.29) is 6.61 Å². The number of ether oxygens (including phenoxy) is 1. The number of aromatic nitrogens is 3. The molecule has 22 heavy (non-hydrogen) atoms. The lowest BCUT2D eigenvalue weighted by atomic mass is 10.2. The highest BCUT2D eigenvalue weighted by Crippen LogP contribution is 2.12. The van der Waals surface area contributed by atoms with Crippen LogP contribution in [0.15, 0.2) is 65.5 Å². The fraction of sp³-hybridized carbons (Fsp3) is 0.0625. The third kappa shape index (κ3) is 3.40. The molecular weight excluding hydrogens is 346 g/mol. The van der Waals surface area contributed by atoms with Crippen molar-refractivity contribution < 1.29 is 9.53 Å². The fourth-order valence-corrected chi connectivity index (χ4v) is 2.12. The molecule has 0 N–H and O–H groups in total. The first kappa shape index (κ1) is 14.5. The van der Waals surface area contributed by atoms with Gasteiger partial charge in [-0.3, -0.25) is 0 Å². The molecule has 0 fully saturated rings. The smallest absolute Gasteiger partial charge is 0.340 e. The summed E-state index contributed by atoms with van der Waals surface area (Å²) in [4.78, 5) is 16.2. The zero-order valence-corrected chi connectivity index (χ0v) is 13.1. The predicted molar refractivity (Wildman–Crippen MR) is 84.6 cm³/mol. The van der Waals surface area contributed by atoms with Gasteiger partial charge >= 0.3 is 5.97 Å². The molecule has 110 valence electrons. The molecule has 3 rings (SSSR count). The Morgan fingerprint density at radius 1 is 1.18 bits per heavy atom. The van der Waals surface area contributed by atoms with E-state index in [1.807, 2.05) is 30.3 Å². The zero-order chi connectivity index (χ0) is 15.4. The van der Waals surface area contributed by atoms with E-state index in [1.54, 1.807) is 29.2 Å². The van der Waals surface area contributed by atoms with Gasteiger partial charge < -0.3 is 4.74 Å². The molecule has 0 spiro atoms. The molecule has 0 saturated carbocycles. The summed E-state index contributed by atoms with van der Waals surface area (Å²) in [5, 5.41) is 4.08. The number of halogens is 1. The Hall–Kier alpha value is -2.47. The first-order valence-corrected chi connectivity index (χ1v) is 7.39. The summed E-state index contributed by atoms with van der Waals surface area (Å²) in [6.07, 6.45) is 4.94. The Kier molecular flexibility index (Phi) is 4.29. The molecule has 0 amide bonds. The summed E-state index contributed by atoms with van der Waals surface area (Å²) in [5.41, 5.74) is 1.34. The van der Waals surface area contributed by atoms with E-state index in [9.17, 15) is 4.79 Å². The van der Waals surface area contributed by atoms with Crippen molar-refractivity contribution in [3.05, 3.63) is 76.7 Å². The highest BCUT2D eigenvalue weighted by Gasteiger charge is 2.08. The molecule has 0 saturated heterocycles. The largest absolute Gasteiger partial charge is 0.457 e. The van der Waals surface area contributed by atoms with Gasteiger partial charge in [0.25, 0.3) is 0 Å². The average molecular weight is 358 g/mol. The van der Waals surface area contributed by atoms with Crippen molar-refractivity contribution in [2.45, 2.75) is 6.61 Å². The standard InChI is InChI=1S/C16H12BrN3O2/c17-14-5-2-12(3-6-14)11-22-16(21)13-4-7-15(18-10-13)20-9-1-8-19-20/h1-10H,11H2. The molecule has 1 aromatic carbocycles. The van der Waals surface area contributed by atoms with Gasteiger partial charge in [-0.1, -0.05) is 28.1 Å². The molecule has 0 bridgehead atoms. The topological polar surface area (TPSA) is 57.0 Å². The van der Waals surface area contributed by atoms with Crippen molar-refractivity contribution in [1.82, 2.24) is 14.8 Å². The molecule has 0 atom stereocenters. The quantitative estimate of drug-likeness (QED) is 0.671. The van der Waals surface area contributed by atoms with Crippen LogP contribution in [0, 0.1) is 0 Å². The lowest BCUT2D eigenvalue weighted by molar-refractivity contribution is 0.0472. The molecular formula is C16H12BrN3O2. The van der Waals surface area contributed by atoms with Crippen molar-refractivity contribution in [2.24, 2.45) is 0 Å². The Bertz CT molecular complexity index is 753. The van der Waals surface area contributed by atoms with Gasteiger partial charge in [-0.15, -0.1) is 0 Å². The minimum absolute atomic E-state index is 0.229. The van der Waals surface area contributed by atoms with E-state index >= 15 is 0 Å². The molecule has 0 unspecified atom stereocenters. The van der Waals surface area contributed by atoms with Crippen molar-refractivity contribution in [3.8, 4) is 5.82 Å². The van der Waals surface area contributed by atoms with Crippen LogP contribution in [0.3, 0.4) is 0 Å². The van der Waals surface area contributed by atoms with Crippen molar-refractivity contribution in [1.29, 1.82) is 0 Å². The SMILES string of the molecule is O=C(OCc1ccc(Br)cc1)c1ccc(-n2cccn2)nc1. The van der Waals surface area contributed by atoms with Gasteiger partial charge in [-0.05, 0) is 35.9 Å². The van der Waals surface area contributed by atoms with Gasteiger partial charge in [0.1, 0.15) is 6.61 Å². The summed E-state index contributed by atoms with van der Waals surface area (Å²) in [6.45, 7) is 0.229. The van der Waals surface area contributed by atoms with Crippen LogP contribution in [0.1, 0.15) is 15.9 Å². The van der Waals surface area contributed by atoms with E-state index in [0.29, 0.717) is 11.4 Å². The van der Waals surface area contributed by atoms with Crippen molar-refractivity contribution >= 4 is 21.9 Å². The second-order valence-corrected chi connectivity index (χ2v) is 5.47. The summed E-state index contributed by atoms with van der Waals surface area (Å²) in [7, 11) is 0. The van der Waals surface area contributed by atoms with Crippen LogP contribution in [0.4, 0.5) is 0 Å². The normalized spacial score (nSPS) is 10.4. The molecule has 2 aromatic heterocycles. The monoisotopic (exact) mass is 357 g/mol. The van der Waals surface area contributed by atoms with Crippen LogP contribution in [-0.4, -0.2) is 20.7 Å². The predicted octanol–water partition coefficient (Wildman–Crippen LogP) is 3.39. The van der Waals surface area contributed by atoms with Crippen LogP contribution in [0.2, 0.25) is 0 Å². The maximum atomic E-state index is 12.0. The Morgan fingerprint density at radius 2 is 2.00 bits per heavy atom. The number of rotatable bonds is 4. The van der Waals surface area contributed by atoms with Gasteiger partial charge in [0.15, 0.2) is 5.82 Å². The second-order valence-electron chi connectivity index (χ2n) is 4.56. The van der Waals surface area contributed by atoms with Gasteiger partial charge in [0.05, 0.1) is 5.56 Å². The highest BCUT2D eigenvalue weighted by atomic mass is 79.9. The van der Waals surface area contributed by atoms with Crippen LogP contribution in [0.5, 0.6) is 0 Å². The minimum Gasteiger partial charge on any atom is -0.457 e. The van der Waals surface area contributed by atoms with E-state index in [0.717, 1.165) is 10.0 Å². The number of pyridine rings is 1. The number of benzene rings is 1. The number of carbonyl (C=O) groups excluding carboxylic acids is 1. The van der Waals surface area contributed by atoms with Crippen molar-refractivity contribution in [2.75, 3.05) is 0 Å². The second kappa shape index (κ2) is 6.53. The lowest BCUT2D eigenvalue weighted by Crippen LogP contribution is -2.07. The Labute approximate surface area is 135 Å². The van der Waals surface area contributed by atoms with Crippen LogP contribution >= 0.6 is 15.9 Å². The van der Waals surface area contributed by atoms with Gasteiger partial charge in [-0.2, -0.15) is 5.10 Å². The van der Waals surface area contributed by atoms with E-state index in [1.165, 1.54) is 6.20 Å². The molecule has 2 heterocycles. The fourth-order valence-electron chi connectivity index (χ4n) is 1.86. The maximum absolute atomic E-state index is 12.0. The first-order chi connectivity index (χ1) is 10.7. The zero-order valence-electron chi connectivity index (χ0n) is 11.5. The Morgan fingerprint density at radius 3 is 2.64 bits per heavy atom. The summed E-state index contributed by atoms with van der Waals surface area (Å²) >= 11 is 3.36. The summed E-state index contributed by atoms with van der Waals surface area (Å²) < 4.78 is 7.88. The summed E-state index contributed by atoms with van der Waals surface area (Å²) in [5.74, 6) is 0.247. The number of nitrogens with zero attached hydrogens (tertiary/aromatic N) is 3. The highest BCUT2D eigenvalue weighted by molar-refractivity contribution is 9.10. The number of esters is 1. The van der Waals surface area contributed by atoms with Gasteiger partial charge in [-0.25, -0.2) is 14.5 Å². The first-order valence-electron chi connectivity index (χ1n) is 6.60. The van der Waals surface area contributed by atoms with Crippen LogP contribution in [-0.2, 0) is 11.3 Å². The average Bonchev–Trinajstić information content (AvgIpc) is 3.09. The van der Waals surface area contributed by atoms with E-state index in [2.05, 4.69) is 26.0 Å². The van der Waals surface area contributed by atoms with Crippen molar-refractivity contribution in [3.63, 3.8) is 0 Å². The molecule has 5 nitrogen and oxygen atoms in total. The molecule has 3 aromatic rings.